The number of nitrogens with zero attached hydrogens (tertiary/aromatic N) is 7. The number of rotatable bonds is 8. The number of carbonyl (C=O) groups is 3. The van der Waals surface area contributed by atoms with Crippen LogP contribution in [0.2, 0.25) is 5.02 Å². The van der Waals surface area contributed by atoms with E-state index in [2.05, 4.69) is 30.7 Å². The fourth-order valence-corrected chi connectivity index (χ4v) is 6.35. The molecule has 1 aliphatic rings. The Kier molecular flexibility index (Phi) is 8.26. The smallest absolute Gasteiger partial charge is 0.247 e. The lowest BCUT2D eigenvalue weighted by atomic mass is 9.84. The third kappa shape index (κ3) is 5.95. The molecular weight excluding hydrogens is 649 g/mol. The van der Waals surface area contributed by atoms with Crippen molar-refractivity contribution >= 4 is 51.9 Å². The van der Waals surface area contributed by atoms with Gasteiger partial charge in [-0.2, -0.15) is 9.78 Å². The number of pyridine rings is 1. The van der Waals surface area contributed by atoms with E-state index in [1.54, 1.807) is 12.1 Å². The first-order chi connectivity index (χ1) is 23.7. The van der Waals surface area contributed by atoms with Gasteiger partial charge in [0.25, 0.3) is 0 Å². The summed E-state index contributed by atoms with van der Waals surface area (Å²) >= 11 is 6.09. The first kappa shape index (κ1) is 31.5. The van der Waals surface area contributed by atoms with Crippen molar-refractivity contribution in [3.63, 3.8) is 0 Å². The van der Waals surface area contributed by atoms with Gasteiger partial charge in [0.1, 0.15) is 12.4 Å². The first-order valence-electron chi connectivity index (χ1n) is 15.2. The lowest BCUT2D eigenvalue weighted by molar-refractivity contribution is -0.136. The van der Waals surface area contributed by atoms with Crippen LogP contribution in [0.1, 0.15) is 45.7 Å². The summed E-state index contributed by atoms with van der Waals surface area (Å²) in [5, 5.41) is 18.8. The molecule has 14 heteroatoms. The van der Waals surface area contributed by atoms with Crippen molar-refractivity contribution in [1.82, 2.24) is 40.3 Å². The van der Waals surface area contributed by atoms with E-state index in [4.69, 9.17) is 17.3 Å². The van der Waals surface area contributed by atoms with Gasteiger partial charge in [-0.05, 0) is 88.5 Å². The molecule has 1 unspecified atom stereocenters. The average Bonchev–Trinajstić information content (AvgIpc) is 3.78. The Morgan fingerprint density at radius 2 is 1.98 bits per heavy atom. The second kappa shape index (κ2) is 12.8. The number of fused-ring (bicyclic) bond motifs is 2. The van der Waals surface area contributed by atoms with Gasteiger partial charge in [0.05, 0.1) is 22.6 Å². The third-order valence-corrected chi connectivity index (χ3v) is 8.89. The van der Waals surface area contributed by atoms with Crippen molar-refractivity contribution in [2.75, 3.05) is 12.3 Å². The number of ketones is 2. The average molecular weight is 676 g/mol. The summed E-state index contributed by atoms with van der Waals surface area (Å²) in [5.74, 6) is -1.28. The van der Waals surface area contributed by atoms with E-state index < -0.39 is 17.8 Å². The van der Waals surface area contributed by atoms with E-state index in [1.807, 2.05) is 36.4 Å². The van der Waals surface area contributed by atoms with E-state index in [0.29, 0.717) is 29.1 Å². The van der Waals surface area contributed by atoms with Gasteiger partial charge in [0, 0.05) is 41.0 Å². The zero-order valence-corrected chi connectivity index (χ0v) is 26.7. The van der Waals surface area contributed by atoms with E-state index in [1.165, 1.54) is 53.3 Å². The monoisotopic (exact) mass is 675 g/mol. The summed E-state index contributed by atoms with van der Waals surface area (Å²) in [6.07, 6.45) is 5.61. The molecule has 1 aliphatic heterocycles. The summed E-state index contributed by atoms with van der Waals surface area (Å²) in [6.45, 7) is 1.65. The Hall–Kier alpha value is -6.08. The Morgan fingerprint density at radius 1 is 1.12 bits per heavy atom. The molecule has 49 heavy (non-hydrogen) atoms. The molecule has 1 amide bonds. The number of nitrogen functional groups attached to an aromatic ring is 1. The minimum Gasteiger partial charge on any atom is -0.382 e. The van der Waals surface area contributed by atoms with Crippen LogP contribution in [-0.4, -0.2) is 64.3 Å². The van der Waals surface area contributed by atoms with Crippen LogP contribution in [0.4, 0.5) is 10.2 Å². The Balaban J connectivity index is 1.27. The number of nitrogens with one attached hydrogen (secondary N) is 1. The SMILES string of the molecule is CC(=O)c1ccc(CC(=O)C2c3cccc(-c4ccc5c(N)n[nH]c5c4)c3CCN2C(=O)/C=C/c2c(-n3cnnn3)ccc(Cl)c2F)nc1. The van der Waals surface area contributed by atoms with Crippen molar-refractivity contribution < 1.29 is 18.8 Å². The normalized spacial score (nSPS) is 14.3. The van der Waals surface area contributed by atoms with Crippen LogP contribution in [-0.2, 0) is 22.4 Å². The third-order valence-electron chi connectivity index (χ3n) is 8.60. The number of benzene rings is 3. The molecule has 0 bridgehead atoms. The van der Waals surface area contributed by atoms with Gasteiger partial charge < -0.3 is 10.6 Å². The Bertz CT molecular complexity index is 2280. The molecule has 0 aliphatic carbocycles. The molecule has 0 radical (unpaired) electrons. The molecule has 12 nitrogen and oxygen atoms in total. The van der Waals surface area contributed by atoms with Gasteiger partial charge in [-0.15, -0.1) is 5.10 Å². The maximum Gasteiger partial charge on any atom is 0.247 e. The van der Waals surface area contributed by atoms with E-state index in [0.717, 1.165) is 27.6 Å². The standard InChI is InChI=1S/C35H27ClFN9O3/c1-19(47)21-5-7-22(39-17-21)16-31(48)34-25-4-2-3-23(20-6-8-26-29(15-20)41-42-35(26)38)24(25)13-14-45(34)32(49)12-9-27-30(46-18-40-43-44-46)11-10-28(36)33(27)37/h2-12,15,17-18,34H,13-14,16H2,1H3,(H3,38,41,42)/b12-9+. The van der Waals surface area contributed by atoms with Crippen LogP contribution in [0.5, 0.6) is 0 Å². The van der Waals surface area contributed by atoms with Crippen LogP contribution in [0.15, 0.2) is 79.3 Å². The number of hydrogen-bond acceptors (Lipinski definition) is 9. The van der Waals surface area contributed by atoms with Crippen LogP contribution in [0.25, 0.3) is 33.8 Å². The summed E-state index contributed by atoms with van der Waals surface area (Å²) in [5.41, 5.74) is 11.3. The predicted octanol–water partition coefficient (Wildman–Crippen LogP) is 5.13. The number of anilines is 1. The lowest BCUT2D eigenvalue weighted by Gasteiger charge is -2.37. The molecule has 3 N–H and O–H groups in total. The highest BCUT2D eigenvalue weighted by Crippen LogP contribution is 2.38. The number of carbonyl (C=O) groups excluding carboxylic acids is 3. The number of aromatic amines is 1. The number of H-pyrrole nitrogens is 1. The molecule has 6 aromatic rings. The minimum absolute atomic E-state index is 0.000295. The van der Waals surface area contributed by atoms with Gasteiger partial charge >= 0.3 is 0 Å². The topological polar surface area (TPSA) is 166 Å². The summed E-state index contributed by atoms with van der Waals surface area (Å²) in [6, 6.07) is 16.6. The molecule has 0 saturated carbocycles. The molecular formula is C35H27ClFN9O3. The molecule has 7 rings (SSSR count). The van der Waals surface area contributed by atoms with Crippen LogP contribution >= 0.6 is 11.6 Å². The quantitative estimate of drug-likeness (QED) is 0.164. The molecule has 3 aromatic carbocycles. The number of amides is 1. The number of hydrogen-bond donors (Lipinski definition) is 2. The molecule has 1 atom stereocenters. The Morgan fingerprint density at radius 3 is 2.73 bits per heavy atom. The second-order valence-electron chi connectivity index (χ2n) is 11.5. The van der Waals surface area contributed by atoms with E-state index in [9.17, 15) is 14.4 Å². The van der Waals surface area contributed by atoms with Crippen molar-refractivity contribution in [3.8, 4) is 16.8 Å². The number of nitrogens with two attached hydrogens (primary N) is 1. The first-order valence-corrected chi connectivity index (χ1v) is 15.6. The fourth-order valence-electron chi connectivity index (χ4n) is 6.18. The Labute approximate surface area is 283 Å². The van der Waals surface area contributed by atoms with Crippen molar-refractivity contribution in [3.05, 3.63) is 118 Å². The zero-order chi connectivity index (χ0) is 34.2. The van der Waals surface area contributed by atoms with E-state index in [-0.39, 0.29) is 40.8 Å². The highest BCUT2D eigenvalue weighted by atomic mass is 35.5. The summed E-state index contributed by atoms with van der Waals surface area (Å²) in [7, 11) is 0. The molecule has 4 heterocycles. The van der Waals surface area contributed by atoms with Crippen LogP contribution in [0, 0.1) is 5.82 Å². The van der Waals surface area contributed by atoms with E-state index >= 15 is 4.39 Å². The predicted molar refractivity (Wildman–Crippen MR) is 180 cm³/mol. The van der Waals surface area contributed by atoms with Gasteiger partial charge in [0.2, 0.25) is 5.91 Å². The van der Waals surface area contributed by atoms with Crippen molar-refractivity contribution in [2.24, 2.45) is 0 Å². The molecule has 3 aromatic heterocycles. The van der Waals surface area contributed by atoms with Gasteiger partial charge in [-0.25, -0.2) is 4.39 Å². The van der Waals surface area contributed by atoms with Gasteiger partial charge in [-0.3, -0.25) is 24.5 Å². The van der Waals surface area contributed by atoms with Crippen molar-refractivity contribution in [2.45, 2.75) is 25.8 Å². The number of Topliss-reactive ketones (excluding diaryl/α,β-unsaturated/α-hetero) is 2. The fraction of sp³-hybridized carbons (Fsp3) is 0.143. The zero-order valence-electron chi connectivity index (χ0n) is 26.0. The number of aromatic nitrogens is 7. The highest BCUT2D eigenvalue weighted by Gasteiger charge is 2.36. The van der Waals surface area contributed by atoms with Gasteiger partial charge in [0.15, 0.2) is 23.2 Å². The molecule has 0 fully saturated rings. The van der Waals surface area contributed by atoms with Gasteiger partial charge in [-0.1, -0.05) is 35.9 Å². The van der Waals surface area contributed by atoms with Crippen LogP contribution < -0.4 is 5.73 Å². The maximum absolute atomic E-state index is 15.3. The lowest BCUT2D eigenvalue weighted by Crippen LogP contribution is -2.43. The summed E-state index contributed by atoms with van der Waals surface area (Å²) in [4.78, 5) is 45.8. The maximum atomic E-state index is 15.3. The molecule has 0 saturated heterocycles. The largest absolute Gasteiger partial charge is 0.382 e. The molecule has 244 valence electrons. The number of tetrazole rings is 1. The highest BCUT2D eigenvalue weighted by molar-refractivity contribution is 6.31. The van der Waals surface area contributed by atoms with Crippen molar-refractivity contribution in [1.29, 1.82) is 0 Å². The number of halogens is 2. The summed E-state index contributed by atoms with van der Waals surface area (Å²) < 4.78 is 16.5. The minimum atomic E-state index is -0.982. The molecule has 0 spiro atoms. The van der Waals surface area contributed by atoms with Crippen LogP contribution in [0.3, 0.4) is 0 Å². The second-order valence-corrected chi connectivity index (χ2v) is 12.0.